The molecule has 3 heterocycles. The zero-order valence-electron chi connectivity index (χ0n) is 18.7. The van der Waals surface area contributed by atoms with Crippen molar-refractivity contribution in [2.75, 3.05) is 0 Å². The fourth-order valence-electron chi connectivity index (χ4n) is 3.72. The first-order valence-electron chi connectivity index (χ1n) is 10.5. The zero-order chi connectivity index (χ0) is 26.4. The first-order valence-corrected chi connectivity index (χ1v) is 11.9. The standard InChI is InChI=1S/C23H14ClF3IN7O2/c1-11-2-14(8-29-7-11)35-22(36)31-21(30-19-5-13-10-34(28)32-18(13)6-15(19)24)33(23(35)37)9-12-3-16(25)20(27)17(26)4-12/h2-8,10H,9H2,1H3,(H,30,31,36). The maximum absolute atomic E-state index is 13.9. The average molecular weight is 640 g/mol. The van der Waals surface area contributed by atoms with E-state index in [4.69, 9.17) is 11.6 Å². The third-order valence-corrected chi connectivity index (χ3v) is 6.17. The number of fused-ring (bicyclic) bond motifs is 1. The Bertz CT molecular complexity index is 1870. The van der Waals surface area contributed by atoms with Crippen LogP contribution in [-0.4, -0.2) is 27.1 Å². The summed E-state index contributed by atoms with van der Waals surface area (Å²) in [7, 11) is 0. The van der Waals surface area contributed by atoms with Gasteiger partial charge in [0, 0.05) is 17.8 Å². The van der Waals surface area contributed by atoms with Gasteiger partial charge in [-0.2, -0.15) is 5.10 Å². The summed E-state index contributed by atoms with van der Waals surface area (Å²) in [6.45, 7) is 1.28. The van der Waals surface area contributed by atoms with Crippen LogP contribution in [0.4, 0.5) is 18.9 Å². The van der Waals surface area contributed by atoms with Crippen molar-refractivity contribution in [3.05, 3.63) is 109 Å². The average Bonchev–Trinajstić information content (AvgIpc) is 3.18. The number of rotatable bonds is 4. The summed E-state index contributed by atoms with van der Waals surface area (Å²) in [6.07, 6.45) is 4.57. The first-order chi connectivity index (χ1) is 17.6. The molecule has 0 saturated carbocycles. The Balaban J connectivity index is 1.78. The van der Waals surface area contributed by atoms with E-state index in [0.717, 1.165) is 21.3 Å². The number of H-pyrrole nitrogens is 1. The smallest absolute Gasteiger partial charge is 0.277 e. The summed E-state index contributed by atoms with van der Waals surface area (Å²) in [5.74, 6) is -4.49. The molecule has 0 saturated heterocycles. The third-order valence-electron chi connectivity index (χ3n) is 5.37. The summed E-state index contributed by atoms with van der Waals surface area (Å²) in [6, 6.07) is 6.25. The largest absolute Gasteiger partial charge is 0.340 e. The number of benzene rings is 2. The van der Waals surface area contributed by atoms with E-state index < -0.39 is 35.4 Å². The van der Waals surface area contributed by atoms with Gasteiger partial charge in [0.25, 0.3) is 0 Å². The number of aromatic nitrogens is 6. The number of hydrogen-bond donors (Lipinski definition) is 1. The van der Waals surface area contributed by atoms with Crippen molar-refractivity contribution >= 4 is 51.1 Å². The lowest BCUT2D eigenvalue weighted by Gasteiger charge is -2.12. The van der Waals surface area contributed by atoms with Crippen LogP contribution in [0, 0.1) is 24.4 Å². The number of pyridine rings is 1. The van der Waals surface area contributed by atoms with Crippen LogP contribution in [0.3, 0.4) is 0 Å². The molecule has 0 fully saturated rings. The van der Waals surface area contributed by atoms with Crippen LogP contribution in [0.2, 0.25) is 5.02 Å². The molecule has 9 nitrogen and oxygen atoms in total. The van der Waals surface area contributed by atoms with Gasteiger partial charge in [-0.15, -0.1) is 0 Å². The molecule has 0 radical (unpaired) electrons. The molecule has 37 heavy (non-hydrogen) atoms. The lowest BCUT2D eigenvalue weighted by molar-refractivity contribution is 0.444. The topological polar surface area (TPSA) is 103 Å². The highest BCUT2D eigenvalue weighted by molar-refractivity contribution is 14.1. The lowest BCUT2D eigenvalue weighted by Crippen LogP contribution is -2.49. The van der Waals surface area contributed by atoms with Crippen LogP contribution in [0.15, 0.2) is 63.5 Å². The summed E-state index contributed by atoms with van der Waals surface area (Å²) in [5, 5.41) is 5.12. The van der Waals surface area contributed by atoms with Crippen molar-refractivity contribution in [2.24, 2.45) is 4.99 Å². The predicted molar refractivity (Wildman–Crippen MR) is 138 cm³/mol. The molecule has 0 amide bonds. The van der Waals surface area contributed by atoms with Crippen molar-refractivity contribution in [2.45, 2.75) is 13.5 Å². The predicted octanol–water partition coefficient (Wildman–Crippen LogP) is 3.93. The Hall–Kier alpha value is -3.72. The SMILES string of the molecule is Cc1cncc(-n2c(=O)[nH]/c(=N\c3cc4cn(I)nc4cc3Cl)n(Cc3cc(F)c(F)c(F)c3)c2=O)c1. The van der Waals surface area contributed by atoms with Gasteiger partial charge in [-0.25, -0.2) is 35.2 Å². The van der Waals surface area contributed by atoms with Gasteiger partial charge >= 0.3 is 11.4 Å². The maximum atomic E-state index is 13.9. The molecule has 14 heteroatoms. The highest BCUT2D eigenvalue weighted by Gasteiger charge is 2.16. The van der Waals surface area contributed by atoms with E-state index in [1.165, 1.54) is 6.20 Å². The molecule has 5 aromatic rings. The Morgan fingerprint density at radius 2 is 1.81 bits per heavy atom. The molecule has 2 aromatic carbocycles. The molecule has 0 aliphatic heterocycles. The molecular formula is C23H14ClF3IN7O2. The molecule has 0 aliphatic carbocycles. The number of aromatic amines is 1. The molecule has 3 aromatic heterocycles. The Morgan fingerprint density at radius 1 is 1.08 bits per heavy atom. The van der Waals surface area contributed by atoms with Gasteiger partial charge < -0.3 is 0 Å². The van der Waals surface area contributed by atoms with Gasteiger partial charge in [-0.1, -0.05) is 11.6 Å². The molecule has 5 rings (SSSR count). The fraction of sp³-hybridized carbons (Fsp3) is 0.0870. The summed E-state index contributed by atoms with van der Waals surface area (Å²) >= 11 is 8.35. The number of nitrogens with one attached hydrogen (secondary N) is 1. The zero-order valence-corrected chi connectivity index (χ0v) is 21.6. The van der Waals surface area contributed by atoms with Crippen molar-refractivity contribution < 1.29 is 13.2 Å². The quantitative estimate of drug-likeness (QED) is 0.238. The van der Waals surface area contributed by atoms with E-state index in [9.17, 15) is 22.8 Å². The molecule has 0 bridgehead atoms. The van der Waals surface area contributed by atoms with E-state index in [1.54, 1.807) is 40.4 Å². The van der Waals surface area contributed by atoms with E-state index in [0.29, 0.717) is 16.5 Å². The van der Waals surface area contributed by atoms with Crippen LogP contribution in [0.5, 0.6) is 0 Å². The monoisotopic (exact) mass is 639 g/mol. The van der Waals surface area contributed by atoms with Crippen molar-refractivity contribution in [3.8, 4) is 5.69 Å². The van der Waals surface area contributed by atoms with Crippen molar-refractivity contribution in [1.82, 2.24) is 27.1 Å². The van der Waals surface area contributed by atoms with Gasteiger partial charge in [-0.3, -0.25) is 14.5 Å². The number of aryl methyl sites for hydroxylation is 1. The Kier molecular flexibility index (Phi) is 6.49. The van der Waals surface area contributed by atoms with Gasteiger partial charge in [0.05, 0.1) is 57.5 Å². The Labute approximate surface area is 224 Å². The summed E-state index contributed by atoms with van der Waals surface area (Å²) in [4.78, 5) is 37.5. The number of nitrogens with zero attached hydrogens (tertiary/aromatic N) is 6. The minimum atomic E-state index is -1.64. The first kappa shape index (κ1) is 25.0. The Morgan fingerprint density at radius 3 is 2.51 bits per heavy atom. The minimum absolute atomic E-state index is 0.0800. The van der Waals surface area contributed by atoms with Crippen LogP contribution in [-0.2, 0) is 6.54 Å². The molecule has 1 N–H and O–H groups in total. The van der Waals surface area contributed by atoms with Crippen LogP contribution >= 0.6 is 34.5 Å². The van der Waals surface area contributed by atoms with E-state index >= 15 is 0 Å². The van der Waals surface area contributed by atoms with Crippen molar-refractivity contribution in [3.63, 3.8) is 0 Å². The van der Waals surface area contributed by atoms with Gasteiger partial charge in [-0.05, 0) is 48.4 Å². The van der Waals surface area contributed by atoms with Crippen LogP contribution in [0.1, 0.15) is 11.1 Å². The number of halogens is 5. The molecule has 0 spiro atoms. The second-order valence-electron chi connectivity index (χ2n) is 8.04. The molecule has 0 atom stereocenters. The highest BCUT2D eigenvalue weighted by atomic mass is 127. The normalized spacial score (nSPS) is 12.0. The van der Waals surface area contributed by atoms with Crippen LogP contribution in [0.25, 0.3) is 16.6 Å². The summed E-state index contributed by atoms with van der Waals surface area (Å²) in [5.41, 5.74) is -0.394. The second-order valence-corrected chi connectivity index (χ2v) is 9.44. The number of hydrogen-bond acceptors (Lipinski definition) is 5. The van der Waals surface area contributed by atoms with Gasteiger partial charge in [0.15, 0.2) is 17.5 Å². The maximum Gasteiger partial charge on any atom is 0.340 e. The van der Waals surface area contributed by atoms with Crippen molar-refractivity contribution in [1.29, 1.82) is 0 Å². The lowest BCUT2D eigenvalue weighted by atomic mass is 10.2. The fourth-order valence-corrected chi connectivity index (χ4v) is 4.46. The molecule has 0 unspecified atom stereocenters. The third kappa shape index (κ3) is 4.83. The van der Waals surface area contributed by atoms with E-state index in [1.807, 2.05) is 22.9 Å². The van der Waals surface area contributed by atoms with Crippen LogP contribution < -0.4 is 17.0 Å². The second kappa shape index (κ2) is 9.63. The van der Waals surface area contributed by atoms with E-state index in [-0.39, 0.29) is 27.6 Å². The van der Waals surface area contributed by atoms with Gasteiger partial charge in [0.1, 0.15) is 0 Å². The molecular weight excluding hydrogens is 626 g/mol. The molecule has 188 valence electrons. The van der Waals surface area contributed by atoms with E-state index in [2.05, 4.69) is 20.1 Å². The minimum Gasteiger partial charge on any atom is -0.277 e. The summed E-state index contributed by atoms with van der Waals surface area (Å²) < 4.78 is 44.7. The highest BCUT2D eigenvalue weighted by Crippen LogP contribution is 2.29. The van der Waals surface area contributed by atoms with Gasteiger partial charge in [0.2, 0.25) is 5.62 Å². The molecule has 0 aliphatic rings.